The van der Waals surface area contributed by atoms with Gasteiger partial charge in [0.1, 0.15) is 17.4 Å². The quantitative estimate of drug-likeness (QED) is 0.680. The highest BCUT2D eigenvalue weighted by molar-refractivity contribution is 6.04. The Hall–Kier alpha value is -3.41. The first-order valence-corrected chi connectivity index (χ1v) is 8.17. The second kappa shape index (κ2) is 8.11. The molecule has 0 bridgehead atoms. The van der Waals surface area contributed by atoms with Gasteiger partial charge >= 0.3 is 0 Å². The highest BCUT2D eigenvalue weighted by atomic mass is 19.1. The fraction of sp³-hybridized carbons (Fsp3) is 0.100. The van der Waals surface area contributed by atoms with Crippen LogP contribution in [0.15, 0.2) is 66.9 Å². The van der Waals surface area contributed by atoms with Crippen LogP contribution in [0.2, 0.25) is 0 Å². The van der Waals surface area contributed by atoms with Gasteiger partial charge in [-0.05, 0) is 55.5 Å². The van der Waals surface area contributed by atoms with Crippen LogP contribution in [0.3, 0.4) is 0 Å². The maximum Gasteiger partial charge on any atom is 0.255 e. The van der Waals surface area contributed by atoms with Gasteiger partial charge in [0.25, 0.3) is 5.91 Å². The zero-order valence-corrected chi connectivity index (χ0v) is 14.2. The molecule has 5 nitrogen and oxygen atoms in total. The number of rotatable bonds is 6. The van der Waals surface area contributed by atoms with Crippen LogP contribution in [-0.4, -0.2) is 17.5 Å². The van der Waals surface area contributed by atoms with Crippen molar-refractivity contribution in [2.24, 2.45) is 0 Å². The van der Waals surface area contributed by atoms with E-state index in [0.29, 0.717) is 18.0 Å². The lowest BCUT2D eigenvalue weighted by Crippen LogP contribution is -2.13. The number of hydrogen-bond donors (Lipinski definition) is 2. The van der Waals surface area contributed by atoms with Gasteiger partial charge in [0.2, 0.25) is 0 Å². The van der Waals surface area contributed by atoms with Crippen LogP contribution < -0.4 is 15.4 Å². The van der Waals surface area contributed by atoms with Crippen molar-refractivity contribution in [3.05, 3.63) is 78.2 Å². The molecular formula is C20H18FN3O2. The number of amides is 1. The van der Waals surface area contributed by atoms with Crippen molar-refractivity contribution in [3.63, 3.8) is 0 Å². The number of nitrogens with one attached hydrogen (secondary N) is 2. The summed E-state index contributed by atoms with van der Waals surface area (Å²) in [6, 6.07) is 16.6. The SMILES string of the molecule is CCOc1ccc(Nc2cc(C(=O)Nc3ccccc3F)ccn2)cc1. The highest BCUT2D eigenvalue weighted by Gasteiger charge is 2.10. The molecule has 0 aliphatic rings. The molecular weight excluding hydrogens is 333 g/mol. The second-order valence-corrected chi connectivity index (χ2v) is 5.45. The average molecular weight is 351 g/mol. The zero-order chi connectivity index (χ0) is 18.4. The normalized spacial score (nSPS) is 10.2. The van der Waals surface area contributed by atoms with E-state index >= 15 is 0 Å². The van der Waals surface area contributed by atoms with Crippen LogP contribution in [0.4, 0.5) is 21.6 Å². The van der Waals surface area contributed by atoms with Gasteiger partial charge in [-0.1, -0.05) is 12.1 Å². The first kappa shape index (κ1) is 17.4. The van der Waals surface area contributed by atoms with Gasteiger partial charge in [0.05, 0.1) is 12.3 Å². The van der Waals surface area contributed by atoms with Crippen LogP contribution in [0.1, 0.15) is 17.3 Å². The van der Waals surface area contributed by atoms with Crippen molar-refractivity contribution < 1.29 is 13.9 Å². The molecule has 0 aliphatic heterocycles. The Bertz CT molecular complexity index is 898. The fourth-order valence-corrected chi connectivity index (χ4v) is 2.35. The van der Waals surface area contributed by atoms with Gasteiger partial charge in [0, 0.05) is 17.4 Å². The molecule has 1 heterocycles. The van der Waals surface area contributed by atoms with Gasteiger partial charge < -0.3 is 15.4 Å². The molecule has 1 aromatic heterocycles. The Kier molecular flexibility index (Phi) is 5.43. The lowest BCUT2D eigenvalue weighted by atomic mass is 10.2. The molecule has 2 N–H and O–H groups in total. The standard InChI is InChI=1S/C20H18FN3O2/c1-2-26-16-9-7-15(8-10-16)23-19-13-14(11-12-22-19)20(25)24-18-6-4-3-5-17(18)21/h3-13H,2H2,1H3,(H,22,23)(H,24,25). The minimum Gasteiger partial charge on any atom is -0.494 e. The van der Waals surface area contributed by atoms with E-state index in [1.165, 1.54) is 18.3 Å². The van der Waals surface area contributed by atoms with E-state index in [1.807, 2.05) is 31.2 Å². The van der Waals surface area contributed by atoms with E-state index in [0.717, 1.165) is 11.4 Å². The number of para-hydroxylation sites is 1. The molecule has 0 spiro atoms. The number of pyridine rings is 1. The molecule has 0 saturated carbocycles. The van der Waals surface area contributed by atoms with E-state index in [-0.39, 0.29) is 5.69 Å². The lowest BCUT2D eigenvalue weighted by Gasteiger charge is -2.09. The van der Waals surface area contributed by atoms with E-state index in [9.17, 15) is 9.18 Å². The highest BCUT2D eigenvalue weighted by Crippen LogP contribution is 2.20. The summed E-state index contributed by atoms with van der Waals surface area (Å²) >= 11 is 0. The second-order valence-electron chi connectivity index (χ2n) is 5.45. The first-order valence-electron chi connectivity index (χ1n) is 8.17. The van der Waals surface area contributed by atoms with Crippen LogP contribution in [0.5, 0.6) is 5.75 Å². The van der Waals surface area contributed by atoms with Crippen molar-refractivity contribution >= 4 is 23.1 Å². The molecule has 0 fully saturated rings. The van der Waals surface area contributed by atoms with Crippen molar-refractivity contribution in [1.82, 2.24) is 4.98 Å². The number of halogens is 1. The Morgan fingerprint density at radius 2 is 1.88 bits per heavy atom. The van der Waals surface area contributed by atoms with Crippen molar-refractivity contribution in [3.8, 4) is 5.75 Å². The number of benzene rings is 2. The zero-order valence-electron chi connectivity index (χ0n) is 14.2. The number of nitrogens with zero attached hydrogens (tertiary/aromatic N) is 1. The molecule has 0 aliphatic carbocycles. The number of anilines is 3. The molecule has 1 amide bonds. The van der Waals surface area contributed by atoms with Crippen molar-refractivity contribution in [2.75, 3.05) is 17.2 Å². The molecule has 0 saturated heterocycles. The Balaban J connectivity index is 1.71. The molecule has 2 aromatic carbocycles. The molecule has 26 heavy (non-hydrogen) atoms. The summed E-state index contributed by atoms with van der Waals surface area (Å²) in [5.41, 5.74) is 1.32. The summed E-state index contributed by atoms with van der Waals surface area (Å²) in [5.74, 6) is 0.397. The summed E-state index contributed by atoms with van der Waals surface area (Å²) in [6.07, 6.45) is 1.52. The smallest absolute Gasteiger partial charge is 0.255 e. The minimum atomic E-state index is -0.484. The number of ether oxygens (including phenoxy) is 1. The third kappa shape index (κ3) is 4.36. The van der Waals surface area contributed by atoms with E-state index in [2.05, 4.69) is 15.6 Å². The lowest BCUT2D eigenvalue weighted by molar-refractivity contribution is 0.102. The molecule has 3 rings (SSSR count). The molecule has 0 radical (unpaired) electrons. The summed E-state index contributed by atoms with van der Waals surface area (Å²) in [7, 11) is 0. The number of hydrogen-bond acceptors (Lipinski definition) is 4. The van der Waals surface area contributed by atoms with Gasteiger partial charge in [0.15, 0.2) is 0 Å². The summed E-state index contributed by atoms with van der Waals surface area (Å²) in [6.45, 7) is 2.53. The van der Waals surface area contributed by atoms with E-state index < -0.39 is 11.7 Å². The molecule has 132 valence electrons. The van der Waals surface area contributed by atoms with Gasteiger partial charge in [-0.3, -0.25) is 4.79 Å². The maximum absolute atomic E-state index is 13.7. The topological polar surface area (TPSA) is 63.2 Å². The Morgan fingerprint density at radius 3 is 2.62 bits per heavy atom. The fourth-order valence-electron chi connectivity index (χ4n) is 2.35. The van der Waals surface area contributed by atoms with Crippen LogP contribution in [-0.2, 0) is 0 Å². The molecule has 3 aromatic rings. The predicted octanol–water partition coefficient (Wildman–Crippen LogP) is 4.62. The minimum absolute atomic E-state index is 0.135. The maximum atomic E-state index is 13.7. The molecule has 0 unspecified atom stereocenters. The van der Waals surface area contributed by atoms with Gasteiger partial charge in [-0.15, -0.1) is 0 Å². The number of carbonyl (C=O) groups excluding carboxylic acids is 1. The number of carbonyl (C=O) groups is 1. The third-order valence-electron chi connectivity index (χ3n) is 3.58. The van der Waals surface area contributed by atoms with E-state index in [1.54, 1.807) is 24.3 Å². The summed E-state index contributed by atoms with van der Waals surface area (Å²) in [4.78, 5) is 16.5. The summed E-state index contributed by atoms with van der Waals surface area (Å²) < 4.78 is 19.1. The van der Waals surface area contributed by atoms with Gasteiger partial charge in [-0.25, -0.2) is 9.37 Å². The predicted molar refractivity (Wildman–Crippen MR) is 99.5 cm³/mol. The van der Waals surface area contributed by atoms with Crippen molar-refractivity contribution in [2.45, 2.75) is 6.92 Å². The Morgan fingerprint density at radius 1 is 1.12 bits per heavy atom. The van der Waals surface area contributed by atoms with Gasteiger partial charge in [-0.2, -0.15) is 0 Å². The van der Waals surface area contributed by atoms with Crippen LogP contribution in [0.25, 0.3) is 0 Å². The molecule has 6 heteroatoms. The number of aromatic nitrogens is 1. The molecule has 0 atom stereocenters. The Labute approximate surface area is 150 Å². The van der Waals surface area contributed by atoms with Crippen molar-refractivity contribution in [1.29, 1.82) is 0 Å². The summed E-state index contributed by atoms with van der Waals surface area (Å²) in [5, 5.41) is 5.68. The van der Waals surface area contributed by atoms with E-state index in [4.69, 9.17) is 4.74 Å². The monoisotopic (exact) mass is 351 g/mol. The third-order valence-corrected chi connectivity index (χ3v) is 3.58. The van der Waals surface area contributed by atoms with Crippen LogP contribution >= 0.6 is 0 Å². The largest absolute Gasteiger partial charge is 0.494 e. The first-order chi connectivity index (χ1) is 12.7. The van der Waals surface area contributed by atoms with Crippen LogP contribution in [0, 0.1) is 5.82 Å². The average Bonchev–Trinajstić information content (AvgIpc) is 2.66.